The van der Waals surface area contributed by atoms with Gasteiger partial charge in [-0.3, -0.25) is 0 Å². The fourth-order valence-corrected chi connectivity index (χ4v) is 6.71. The molecule has 0 radical (unpaired) electrons. The molecule has 0 saturated carbocycles. The molecule has 1 unspecified atom stereocenters. The summed E-state index contributed by atoms with van der Waals surface area (Å²) in [5, 5.41) is 5.17. The predicted molar refractivity (Wildman–Crippen MR) is 171 cm³/mol. The quantitative estimate of drug-likeness (QED) is 0.222. The number of aromatic nitrogens is 2. The van der Waals surface area contributed by atoms with Crippen molar-refractivity contribution < 1.29 is 0 Å². The van der Waals surface area contributed by atoms with Crippen molar-refractivity contribution in [3.05, 3.63) is 139 Å². The third kappa shape index (κ3) is 3.36. The lowest BCUT2D eigenvalue weighted by Crippen LogP contribution is -2.27. The fourth-order valence-electron chi connectivity index (χ4n) is 6.71. The Bertz CT molecular complexity index is 2150. The Balaban J connectivity index is 1.36. The second kappa shape index (κ2) is 8.59. The Labute approximate surface area is 234 Å². The van der Waals surface area contributed by atoms with E-state index in [0.717, 1.165) is 6.42 Å². The molecule has 2 heterocycles. The molecule has 2 heteroatoms. The van der Waals surface area contributed by atoms with Gasteiger partial charge in [0.25, 0.3) is 0 Å². The Morgan fingerprint density at radius 2 is 1.23 bits per heavy atom. The van der Waals surface area contributed by atoms with Gasteiger partial charge in [0.05, 0.1) is 22.1 Å². The van der Waals surface area contributed by atoms with Gasteiger partial charge < -0.3 is 9.13 Å². The standard InChI is InChI=1S/C38H30N2/c1-26-14-18-29(19-15-26)39-34-12-6-4-11-31(34)33-24-27(17-21-35(33)39)28-16-20-32-30-10-5-7-13-36(30)40(37(32)25-28)38(2)22-8-3-9-23-38/h3-22,24-25H,23H2,1-2H3. The molecule has 1 aliphatic rings. The van der Waals surface area contributed by atoms with Crippen LogP contribution in [0.25, 0.3) is 60.4 Å². The Kier molecular flexibility index (Phi) is 4.96. The van der Waals surface area contributed by atoms with E-state index >= 15 is 0 Å². The highest BCUT2D eigenvalue weighted by atomic mass is 15.1. The molecule has 0 spiro atoms. The van der Waals surface area contributed by atoms with Crippen LogP contribution < -0.4 is 0 Å². The van der Waals surface area contributed by atoms with Crippen LogP contribution in [0.4, 0.5) is 0 Å². The Morgan fingerprint density at radius 3 is 2.00 bits per heavy atom. The van der Waals surface area contributed by atoms with E-state index in [1.165, 1.54) is 66.0 Å². The topological polar surface area (TPSA) is 9.86 Å². The van der Waals surface area contributed by atoms with E-state index in [1.54, 1.807) is 0 Å². The molecular formula is C38H30N2. The van der Waals surface area contributed by atoms with E-state index < -0.39 is 0 Å². The van der Waals surface area contributed by atoms with Crippen LogP contribution in [0.15, 0.2) is 133 Å². The maximum Gasteiger partial charge on any atom is 0.0643 e. The zero-order chi connectivity index (χ0) is 26.8. The number of rotatable bonds is 3. The lowest BCUT2D eigenvalue weighted by Gasteiger charge is -2.31. The van der Waals surface area contributed by atoms with Crippen LogP contribution in [0, 0.1) is 6.92 Å². The third-order valence-corrected chi connectivity index (χ3v) is 8.72. The molecule has 40 heavy (non-hydrogen) atoms. The van der Waals surface area contributed by atoms with Crippen molar-refractivity contribution in [2.75, 3.05) is 0 Å². The van der Waals surface area contributed by atoms with E-state index in [9.17, 15) is 0 Å². The van der Waals surface area contributed by atoms with Crippen LogP contribution in [0.2, 0.25) is 0 Å². The molecule has 0 bridgehead atoms. The number of benzene rings is 5. The summed E-state index contributed by atoms with van der Waals surface area (Å²) in [6.45, 7) is 4.48. The van der Waals surface area contributed by atoms with Gasteiger partial charge in [-0.05, 0) is 73.9 Å². The lowest BCUT2D eigenvalue weighted by molar-refractivity contribution is 0.437. The molecule has 0 aliphatic heterocycles. The molecule has 8 rings (SSSR count). The minimum absolute atomic E-state index is 0.111. The highest BCUT2D eigenvalue weighted by Gasteiger charge is 2.27. The van der Waals surface area contributed by atoms with Gasteiger partial charge in [0.15, 0.2) is 0 Å². The number of aryl methyl sites for hydroxylation is 1. The van der Waals surface area contributed by atoms with Crippen LogP contribution in [0.3, 0.4) is 0 Å². The summed E-state index contributed by atoms with van der Waals surface area (Å²) in [4.78, 5) is 0. The summed E-state index contributed by atoms with van der Waals surface area (Å²) >= 11 is 0. The van der Waals surface area contributed by atoms with Gasteiger partial charge >= 0.3 is 0 Å². The average molecular weight is 515 g/mol. The van der Waals surface area contributed by atoms with Crippen molar-refractivity contribution in [3.8, 4) is 16.8 Å². The van der Waals surface area contributed by atoms with Gasteiger partial charge in [-0.1, -0.05) is 96.6 Å². The summed E-state index contributed by atoms with van der Waals surface area (Å²) in [5.41, 5.74) is 9.87. The molecule has 0 fully saturated rings. The smallest absolute Gasteiger partial charge is 0.0643 e. The maximum absolute atomic E-state index is 2.54. The van der Waals surface area contributed by atoms with Gasteiger partial charge in [0.1, 0.15) is 0 Å². The molecule has 0 saturated heterocycles. The molecule has 7 aromatic rings. The number of hydrogen-bond acceptors (Lipinski definition) is 0. The third-order valence-electron chi connectivity index (χ3n) is 8.72. The van der Waals surface area contributed by atoms with Crippen LogP contribution in [0.1, 0.15) is 18.9 Å². The van der Waals surface area contributed by atoms with Crippen molar-refractivity contribution in [1.29, 1.82) is 0 Å². The van der Waals surface area contributed by atoms with E-state index in [1.807, 2.05) is 0 Å². The molecule has 2 nitrogen and oxygen atoms in total. The zero-order valence-electron chi connectivity index (χ0n) is 22.8. The molecule has 0 N–H and O–H groups in total. The zero-order valence-corrected chi connectivity index (χ0v) is 22.8. The van der Waals surface area contributed by atoms with Gasteiger partial charge in [0.2, 0.25) is 0 Å². The normalized spacial score (nSPS) is 17.1. The highest BCUT2D eigenvalue weighted by Crippen LogP contribution is 2.40. The first-order valence-corrected chi connectivity index (χ1v) is 14.1. The first kappa shape index (κ1) is 23.1. The summed E-state index contributed by atoms with van der Waals surface area (Å²) in [7, 11) is 0. The second-order valence-corrected chi connectivity index (χ2v) is 11.4. The largest absolute Gasteiger partial charge is 0.331 e. The number of allylic oxidation sites excluding steroid dienone is 4. The minimum Gasteiger partial charge on any atom is -0.331 e. The summed E-state index contributed by atoms with van der Waals surface area (Å²) < 4.78 is 4.93. The Hall–Kier alpha value is -4.82. The van der Waals surface area contributed by atoms with Crippen molar-refractivity contribution >= 4 is 43.6 Å². The van der Waals surface area contributed by atoms with E-state index in [0.29, 0.717) is 0 Å². The van der Waals surface area contributed by atoms with Gasteiger partial charge in [-0.15, -0.1) is 0 Å². The summed E-state index contributed by atoms with van der Waals surface area (Å²) in [5.74, 6) is 0. The average Bonchev–Trinajstić information content (AvgIpc) is 3.51. The van der Waals surface area contributed by atoms with E-state index in [4.69, 9.17) is 0 Å². The molecule has 2 aromatic heterocycles. The Morgan fingerprint density at radius 1 is 0.575 bits per heavy atom. The highest BCUT2D eigenvalue weighted by molar-refractivity contribution is 6.12. The van der Waals surface area contributed by atoms with Crippen LogP contribution in [0.5, 0.6) is 0 Å². The van der Waals surface area contributed by atoms with Crippen LogP contribution in [-0.2, 0) is 5.54 Å². The minimum atomic E-state index is -0.111. The van der Waals surface area contributed by atoms with Crippen molar-refractivity contribution in [2.45, 2.75) is 25.8 Å². The molecule has 0 amide bonds. The van der Waals surface area contributed by atoms with Gasteiger partial charge in [-0.2, -0.15) is 0 Å². The number of para-hydroxylation sites is 2. The predicted octanol–water partition coefficient (Wildman–Crippen LogP) is 10.1. The summed E-state index contributed by atoms with van der Waals surface area (Å²) in [6.07, 6.45) is 9.95. The van der Waals surface area contributed by atoms with Crippen molar-refractivity contribution in [1.82, 2.24) is 9.13 Å². The monoisotopic (exact) mass is 514 g/mol. The number of fused-ring (bicyclic) bond motifs is 6. The van der Waals surface area contributed by atoms with E-state index in [-0.39, 0.29) is 5.54 Å². The number of hydrogen-bond donors (Lipinski definition) is 0. The van der Waals surface area contributed by atoms with Crippen molar-refractivity contribution in [2.24, 2.45) is 0 Å². The fraction of sp³-hybridized carbons (Fsp3) is 0.105. The van der Waals surface area contributed by atoms with E-state index in [2.05, 4.69) is 156 Å². The SMILES string of the molecule is Cc1ccc(-n2c3ccccc3c3cc(-c4ccc5c6ccccc6n(C6(C)C=CC=CC6)c5c4)ccc32)cc1. The molecule has 1 aliphatic carbocycles. The molecular weight excluding hydrogens is 484 g/mol. The summed E-state index contributed by atoms with van der Waals surface area (Å²) in [6, 6.07) is 40.3. The first-order chi connectivity index (χ1) is 19.6. The lowest BCUT2D eigenvalue weighted by atomic mass is 9.92. The molecule has 5 aromatic carbocycles. The van der Waals surface area contributed by atoms with Crippen LogP contribution in [-0.4, -0.2) is 9.13 Å². The van der Waals surface area contributed by atoms with Gasteiger partial charge in [0, 0.05) is 32.7 Å². The maximum atomic E-state index is 2.54. The van der Waals surface area contributed by atoms with Gasteiger partial charge in [-0.25, -0.2) is 0 Å². The van der Waals surface area contributed by atoms with Crippen molar-refractivity contribution in [3.63, 3.8) is 0 Å². The molecule has 1 atom stereocenters. The molecule has 192 valence electrons. The number of nitrogens with zero attached hydrogens (tertiary/aromatic N) is 2. The van der Waals surface area contributed by atoms with Crippen LogP contribution >= 0.6 is 0 Å². The second-order valence-electron chi connectivity index (χ2n) is 11.4. The first-order valence-electron chi connectivity index (χ1n) is 14.1.